The van der Waals surface area contributed by atoms with Gasteiger partial charge in [-0.1, -0.05) is 32.0 Å². The third-order valence-corrected chi connectivity index (χ3v) is 3.24. The number of alkyl carbamates (subject to hydrolysis) is 1. The smallest absolute Gasteiger partial charge is 0.407 e. The Morgan fingerprint density at radius 1 is 1.32 bits per heavy atom. The van der Waals surface area contributed by atoms with Gasteiger partial charge in [0.05, 0.1) is 6.61 Å². The summed E-state index contributed by atoms with van der Waals surface area (Å²) in [6.07, 6.45) is 1.25. The molecule has 1 heterocycles. The summed E-state index contributed by atoms with van der Waals surface area (Å²) in [4.78, 5) is 26.1. The van der Waals surface area contributed by atoms with Crippen LogP contribution in [-0.2, 0) is 16.0 Å². The molecule has 1 amide bonds. The van der Waals surface area contributed by atoms with E-state index in [2.05, 4.69) is 10.3 Å². The molecule has 0 bridgehead atoms. The van der Waals surface area contributed by atoms with E-state index in [1.165, 1.54) is 0 Å². The predicted octanol–water partition coefficient (Wildman–Crippen LogP) is 2.55. The Kier molecular flexibility index (Phi) is 5.04. The fraction of sp³-hybridized carbons (Fsp3) is 0.375. The van der Waals surface area contributed by atoms with Gasteiger partial charge in [-0.15, -0.1) is 0 Å². The van der Waals surface area contributed by atoms with Crippen LogP contribution in [0.1, 0.15) is 19.4 Å². The lowest BCUT2D eigenvalue weighted by molar-refractivity contribution is -0.139. The number of carbonyl (C=O) groups is 2. The zero-order chi connectivity index (χ0) is 16.1. The molecule has 0 radical (unpaired) electrons. The zero-order valence-electron chi connectivity index (χ0n) is 12.6. The molecule has 0 aliphatic rings. The molecule has 0 spiro atoms. The highest BCUT2D eigenvalue weighted by molar-refractivity contribution is 5.85. The molecule has 0 saturated carbocycles. The number of aromatic nitrogens is 1. The number of aliphatic carboxylic acids is 1. The van der Waals surface area contributed by atoms with Gasteiger partial charge in [0.15, 0.2) is 0 Å². The van der Waals surface area contributed by atoms with Gasteiger partial charge in [-0.2, -0.15) is 0 Å². The second-order valence-electron chi connectivity index (χ2n) is 5.59. The van der Waals surface area contributed by atoms with Gasteiger partial charge in [0.25, 0.3) is 0 Å². The number of fused-ring (bicyclic) bond motifs is 1. The molecular formula is C16H20N2O4. The molecule has 3 N–H and O–H groups in total. The van der Waals surface area contributed by atoms with E-state index < -0.39 is 18.1 Å². The molecule has 0 aliphatic carbocycles. The van der Waals surface area contributed by atoms with Crippen molar-refractivity contribution in [2.24, 2.45) is 5.92 Å². The van der Waals surface area contributed by atoms with Crippen LogP contribution < -0.4 is 5.32 Å². The summed E-state index contributed by atoms with van der Waals surface area (Å²) in [6.45, 7) is 4.08. The zero-order valence-corrected chi connectivity index (χ0v) is 12.6. The summed E-state index contributed by atoms with van der Waals surface area (Å²) in [7, 11) is 0. The summed E-state index contributed by atoms with van der Waals surface area (Å²) < 4.78 is 4.97. The first-order chi connectivity index (χ1) is 10.5. The third-order valence-electron chi connectivity index (χ3n) is 3.24. The molecule has 6 nitrogen and oxygen atoms in total. The monoisotopic (exact) mass is 304 g/mol. The summed E-state index contributed by atoms with van der Waals surface area (Å²) in [5, 5.41) is 12.6. The largest absolute Gasteiger partial charge is 0.480 e. The highest BCUT2D eigenvalue weighted by Gasteiger charge is 2.22. The van der Waals surface area contributed by atoms with Crippen LogP contribution in [0, 0.1) is 5.92 Å². The molecule has 2 rings (SSSR count). The number of carbonyl (C=O) groups excluding carboxylic acids is 1. The number of nitrogens with one attached hydrogen (secondary N) is 2. The number of carboxylic acid groups (broad SMARTS) is 1. The van der Waals surface area contributed by atoms with Crippen molar-refractivity contribution in [3.8, 4) is 0 Å². The van der Waals surface area contributed by atoms with Gasteiger partial charge >= 0.3 is 12.1 Å². The molecule has 2 aromatic rings. The number of benzene rings is 1. The Balaban J connectivity index is 2.06. The summed E-state index contributed by atoms with van der Waals surface area (Å²) in [5.41, 5.74) is 1.77. The molecule has 1 atom stereocenters. The van der Waals surface area contributed by atoms with Gasteiger partial charge in [-0.3, -0.25) is 0 Å². The van der Waals surface area contributed by atoms with Crippen molar-refractivity contribution in [3.63, 3.8) is 0 Å². The average Bonchev–Trinajstić information content (AvgIpc) is 2.87. The lowest BCUT2D eigenvalue weighted by Gasteiger charge is -2.15. The second kappa shape index (κ2) is 6.98. The summed E-state index contributed by atoms with van der Waals surface area (Å²) in [5.74, 6) is -0.894. The van der Waals surface area contributed by atoms with Crippen molar-refractivity contribution in [1.82, 2.24) is 10.3 Å². The van der Waals surface area contributed by atoms with E-state index in [4.69, 9.17) is 4.74 Å². The first-order valence-corrected chi connectivity index (χ1v) is 7.18. The maximum atomic E-state index is 11.6. The van der Waals surface area contributed by atoms with Crippen LogP contribution in [0.4, 0.5) is 4.79 Å². The summed E-state index contributed by atoms with van der Waals surface area (Å²) >= 11 is 0. The van der Waals surface area contributed by atoms with Crippen molar-refractivity contribution in [1.29, 1.82) is 0 Å². The van der Waals surface area contributed by atoms with Crippen LogP contribution in [0.5, 0.6) is 0 Å². The van der Waals surface area contributed by atoms with E-state index in [9.17, 15) is 14.7 Å². The van der Waals surface area contributed by atoms with Gasteiger partial charge in [0.1, 0.15) is 6.04 Å². The van der Waals surface area contributed by atoms with Crippen LogP contribution in [0.25, 0.3) is 10.9 Å². The summed E-state index contributed by atoms with van der Waals surface area (Å²) in [6, 6.07) is 6.59. The molecule has 0 saturated heterocycles. The van der Waals surface area contributed by atoms with Crippen molar-refractivity contribution < 1.29 is 19.4 Å². The molecular weight excluding hydrogens is 284 g/mol. The van der Waals surface area contributed by atoms with Crippen molar-refractivity contribution >= 4 is 23.0 Å². The Bertz CT molecular complexity index is 663. The number of aromatic amines is 1. The molecule has 0 unspecified atom stereocenters. The van der Waals surface area contributed by atoms with Gasteiger partial charge < -0.3 is 20.1 Å². The fourth-order valence-electron chi connectivity index (χ4n) is 2.15. The van der Waals surface area contributed by atoms with E-state index in [-0.39, 0.29) is 18.9 Å². The number of amides is 1. The van der Waals surface area contributed by atoms with Crippen LogP contribution in [0.3, 0.4) is 0 Å². The second-order valence-corrected chi connectivity index (χ2v) is 5.59. The molecule has 6 heteroatoms. The number of para-hydroxylation sites is 1. The van der Waals surface area contributed by atoms with Gasteiger partial charge in [0, 0.05) is 23.5 Å². The lowest BCUT2D eigenvalue weighted by Crippen LogP contribution is -2.42. The lowest BCUT2D eigenvalue weighted by atomic mass is 10.1. The molecule has 1 aromatic heterocycles. The van der Waals surface area contributed by atoms with Crippen LogP contribution in [0.2, 0.25) is 0 Å². The standard InChI is InChI=1S/C16H20N2O4/c1-10(2)9-22-16(21)18-14(15(19)20)7-11-8-17-13-6-4-3-5-12(11)13/h3-6,8,10,14,17H,7,9H2,1-2H3,(H,18,21)(H,19,20)/t14-/m1/s1. The number of hydrogen-bond donors (Lipinski definition) is 3. The number of rotatable bonds is 6. The topological polar surface area (TPSA) is 91.4 Å². The predicted molar refractivity (Wildman–Crippen MR) is 82.7 cm³/mol. The number of H-pyrrole nitrogens is 1. The van der Waals surface area contributed by atoms with E-state index in [0.717, 1.165) is 16.5 Å². The maximum absolute atomic E-state index is 11.6. The number of ether oxygens (including phenoxy) is 1. The van der Waals surface area contributed by atoms with E-state index in [0.29, 0.717) is 0 Å². The molecule has 1 aromatic carbocycles. The van der Waals surface area contributed by atoms with Gasteiger partial charge in [-0.25, -0.2) is 9.59 Å². The van der Waals surface area contributed by atoms with Crippen LogP contribution in [-0.4, -0.2) is 34.8 Å². The van der Waals surface area contributed by atoms with E-state index in [1.807, 2.05) is 38.1 Å². The SMILES string of the molecule is CC(C)COC(=O)N[C@H](Cc1c[nH]c2ccccc12)C(=O)O. The Morgan fingerprint density at radius 2 is 2.05 bits per heavy atom. The number of hydrogen-bond acceptors (Lipinski definition) is 3. The maximum Gasteiger partial charge on any atom is 0.407 e. The first-order valence-electron chi connectivity index (χ1n) is 7.18. The van der Waals surface area contributed by atoms with E-state index in [1.54, 1.807) is 6.20 Å². The Morgan fingerprint density at radius 3 is 2.73 bits per heavy atom. The third kappa shape index (κ3) is 4.00. The average molecular weight is 304 g/mol. The first kappa shape index (κ1) is 15.9. The molecule has 118 valence electrons. The quantitative estimate of drug-likeness (QED) is 0.765. The van der Waals surface area contributed by atoms with Gasteiger partial charge in [-0.05, 0) is 17.5 Å². The number of carboxylic acids is 1. The van der Waals surface area contributed by atoms with Crippen LogP contribution in [0.15, 0.2) is 30.5 Å². The normalized spacial score (nSPS) is 12.3. The Labute approximate surface area is 128 Å². The van der Waals surface area contributed by atoms with Crippen molar-refractivity contribution in [2.45, 2.75) is 26.3 Å². The van der Waals surface area contributed by atoms with E-state index >= 15 is 0 Å². The highest BCUT2D eigenvalue weighted by atomic mass is 16.5. The van der Waals surface area contributed by atoms with Crippen molar-refractivity contribution in [3.05, 3.63) is 36.0 Å². The minimum atomic E-state index is -1.09. The Hall–Kier alpha value is -2.50. The molecule has 0 fully saturated rings. The minimum absolute atomic E-state index is 0.191. The van der Waals surface area contributed by atoms with Gasteiger partial charge in [0.2, 0.25) is 0 Å². The molecule has 0 aliphatic heterocycles. The molecule has 22 heavy (non-hydrogen) atoms. The minimum Gasteiger partial charge on any atom is -0.480 e. The van der Waals surface area contributed by atoms with Crippen molar-refractivity contribution in [2.75, 3.05) is 6.61 Å². The van der Waals surface area contributed by atoms with Crippen LogP contribution >= 0.6 is 0 Å². The fourth-order valence-corrected chi connectivity index (χ4v) is 2.15. The highest BCUT2D eigenvalue weighted by Crippen LogP contribution is 2.19.